The van der Waals surface area contributed by atoms with Crippen LogP contribution in [0.15, 0.2) is 72.8 Å². The van der Waals surface area contributed by atoms with Gasteiger partial charge < -0.3 is 9.47 Å². The molecule has 4 atom stereocenters. The summed E-state index contributed by atoms with van der Waals surface area (Å²) < 4.78 is 14.2. The van der Waals surface area contributed by atoms with Crippen molar-refractivity contribution in [2.45, 2.75) is 83.5 Å². The Morgan fingerprint density at radius 2 is 1.34 bits per heavy atom. The van der Waals surface area contributed by atoms with Gasteiger partial charge in [-0.2, -0.15) is 0 Å². The molecule has 0 saturated heterocycles. The summed E-state index contributed by atoms with van der Waals surface area (Å²) in [5.74, 6) is 5.33. The largest absolute Gasteiger partial charge is 0.464 e. The van der Waals surface area contributed by atoms with Crippen LogP contribution in [0, 0.1) is 29.6 Å². The quantitative estimate of drug-likeness (QED) is 0.269. The van der Waals surface area contributed by atoms with Crippen molar-refractivity contribution >= 4 is 0 Å². The molecule has 0 heterocycles. The number of benzene rings is 3. The van der Waals surface area contributed by atoms with Gasteiger partial charge in [-0.3, -0.25) is 0 Å². The summed E-state index contributed by atoms with van der Waals surface area (Å²) in [7, 11) is 0. The van der Waals surface area contributed by atoms with Crippen molar-refractivity contribution in [1.29, 1.82) is 0 Å². The molecule has 3 aromatic rings. The summed E-state index contributed by atoms with van der Waals surface area (Å²) in [5, 5.41) is 0. The van der Waals surface area contributed by atoms with Crippen LogP contribution in [0.4, 0.5) is 0 Å². The third kappa shape index (κ3) is 3.94. The van der Waals surface area contributed by atoms with E-state index in [0.29, 0.717) is 23.7 Å². The van der Waals surface area contributed by atoms with Crippen LogP contribution >= 0.6 is 0 Å². The zero-order valence-corrected chi connectivity index (χ0v) is 23.4. The smallest absolute Gasteiger partial charge is 0.211 e. The van der Waals surface area contributed by atoms with Gasteiger partial charge in [0, 0.05) is 0 Å². The van der Waals surface area contributed by atoms with Gasteiger partial charge in [-0.15, -0.1) is 0 Å². The molecule has 0 radical (unpaired) electrons. The molecule has 5 aliphatic carbocycles. The number of hydrogen-bond donors (Lipinski definition) is 0. The first kappa shape index (κ1) is 24.5. The minimum Gasteiger partial charge on any atom is -0.464 e. The predicted molar refractivity (Wildman–Crippen MR) is 154 cm³/mol. The Morgan fingerprint density at radius 1 is 0.763 bits per heavy atom. The average molecular weight is 507 g/mol. The maximum absolute atomic E-state index is 7.29. The number of fused-ring (bicyclic) bond motifs is 3. The molecule has 5 aliphatic rings. The molecular weight excluding hydrogens is 464 g/mol. The standard InChI is InChI=1S/C36H42O2/c1-22(2)17-33(23(3)4)24-13-15-28(16-14-24)37-35(38-36-20-25-18-27(36)19-26(25)21-36)34-31-11-7-5-9-29(31)30-10-6-8-12-32(30)34/h5-16,22-23,25-27,33-35H,17-21H2,1-4H3. The second-order valence-electron chi connectivity index (χ2n) is 13.5. The van der Waals surface area contributed by atoms with Crippen LogP contribution < -0.4 is 4.74 Å². The SMILES string of the molecule is CC(C)CC(c1ccc(OC(OC23CC4CC2CC4C3)C2c3ccccc3-c3ccccc32)cc1)C(C)C. The van der Waals surface area contributed by atoms with Gasteiger partial charge in [0.25, 0.3) is 0 Å². The lowest BCUT2D eigenvalue weighted by Crippen LogP contribution is -2.41. The van der Waals surface area contributed by atoms with E-state index in [1.54, 1.807) is 0 Å². The van der Waals surface area contributed by atoms with Crippen LogP contribution in [0.1, 0.15) is 88.3 Å². The van der Waals surface area contributed by atoms with Gasteiger partial charge >= 0.3 is 0 Å². The van der Waals surface area contributed by atoms with Crippen molar-refractivity contribution in [3.63, 3.8) is 0 Å². The van der Waals surface area contributed by atoms with E-state index >= 15 is 0 Å². The molecule has 0 spiro atoms. The zero-order valence-electron chi connectivity index (χ0n) is 23.4. The third-order valence-corrected chi connectivity index (χ3v) is 10.4. The highest BCUT2D eigenvalue weighted by molar-refractivity contribution is 5.79. The van der Waals surface area contributed by atoms with Crippen LogP contribution in [-0.4, -0.2) is 11.9 Å². The minimum absolute atomic E-state index is 0.00637. The van der Waals surface area contributed by atoms with Gasteiger partial charge in [0.1, 0.15) is 5.75 Å². The third-order valence-electron chi connectivity index (χ3n) is 10.4. The summed E-state index contributed by atoms with van der Waals surface area (Å²) in [5.41, 5.74) is 6.75. The molecule has 2 nitrogen and oxygen atoms in total. The number of ether oxygens (including phenoxy) is 2. The van der Waals surface area contributed by atoms with Crippen LogP contribution in [0.25, 0.3) is 11.1 Å². The van der Waals surface area contributed by atoms with E-state index in [-0.39, 0.29) is 17.8 Å². The van der Waals surface area contributed by atoms with Crippen molar-refractivity contribution in [3.05, 3.63) is 89.5 Å². The number of hydrogen-bond acceptors (Lipinski definition) is 2. The minimum atomic E-state index is -0.333. The topological polar surface area (TPSA) is 18.5 Å². The highest BCUT2D eigenvalue weighted by Gasteiger charge is 2.65. The Morgan fingerprint density at radius 3 is 1.84 bits per heavy atom. The van der Waals surface area contributed by atoms with Gasteiger partial charge in [0.2, 0.25) is 6.29 Å². The van der Waals surface area contributed by atoms with Crippen molar-refractivity contribution < 1.29 is 9.47 Å². The lowest BCUT2D eigenvalue weighted by Gasteiger charge is -2.37. The first-order chi connectivity index (χ1) is 18.4. The van der Waals surface area contributed by atoms with E-state index in [4.69, 9.17) is 9.47 Å². The Bertz CT molecular complexity index is 1250. The van der Waals surface area contributed by atoms with E-state index in [2.05, 4.69) is 100 Å². The summed E-state index contributed by atoms with van der Waals surface area (Å²) in [6.45, 7) is 9.34. The van der Waals surface area contributed by atoms with E-state index in [1.807, 2.05) is 0 Å². The normalized spacial score (nSPS) is 28.3. The van der Waals surface area contributed by atoms with Gasteiger partial charge in [0.15, 0.2) is 0 Å². The van der Waals surface area contributed by atoms with Gasteiger partial charge in [-0.05, 0) is 108 Å². The molecule has 4 bridgehead atoms. The van der Waals surface area contributed by atoms with Crippen LogP contribution in [0.5, 0.6) is 5.75 Å². The fourth-order valence-electron chi connectivity index (χ4n) is 8.75. The fraction of sp³-hybridized carbons (Fsp3) is 0.500. The monoisotopic (exact) mass is 506 g/mol. The summed E-state index contributed by atoms with van der Waals surface area (Å²) in [6.07, 6.45) is 6.04. The van der Waals surface area contributed by atoms with Crippen LogP contribution in [-0.2, 0) is 4.74 Å². The lowest BCUT2D eigenvalue weighted by molar-refractivity contribution is -0.183. The van der Waals surface area contributed by atoms with Crippen molar-refractivity contribution in [2.24, 2.45) is 29.6 Å². The Balaban J connectivity index is 1.23. The molecule has 4 saturated carbocycles. The lowest BCUT2D eigenvalue weighted by atomic mass is 9.82. The highest BCUT2D eigenvalue weighted by Crippen LogP contribution is 2.67. The van der Waals surface area contributed by atoms with E-state index < -0.39 is 0 Å². The predicted octanol–water partition coefficient (Wildman–Crippen LogP) is 9.19. The molecule has 3 aromatic carbocycles. The maximum Gasteiger partial charge on any atom is 0.211 e. The first-order valence-electron chi connectivity index (χ1n) is 15.0. The fourth-order valence-corrected chi connectivity index (χ4v) is 8.75. The molecule has 4 unspecified atom stereocenters. The van der Waals surface area contributed by atoms with Gasteiger partial charge in [-0.1, -0.05) is 88.4 Å². The molecule has 0 aliphatic heterocycles. The average Bonchev–Trinajstić information content (AvgIpc) is 3.69. The Labute approximate surface area is 228 Å². The summed E-state index contributed by atoms with van der Waals surface area (Å²) in [4.78, 5) is 0. The molecule has 0 N–H and O–H groups in total. The summed E-state index contributed by atoms with van der Waals surface area (Å²) >= 11 is 0. The molecule has 198 valence electrons. The van der Waals surface area contributed by atoms with Gasteiger partial charge in [-0.25, -0.2) is 0 Å². The highest BCUT2D eigenvalue weighted by atomic mass is 16.7. The Kier molecular flexibility index (Phi) is 5.96. The van der Waals surface area contributed by atoms with E-state index in [9.17, 15) is 0 Å². The molecule has 0 amide bonds. The van der Waals surface area contributed by atoms with Crippen molar-refractivity contribution in [1.82, 2.24) is 0 Å². The van der Waals surface area contributed by atoms with Crippen molar-refractivity contribution in [3.8, 4) is 16.9 Å². The van der Waals surface area contributed by atoms with Crippen LogP contribution in [0.2, 0.25) is 0 Å². The zero-order chi connectivity index (χ0) is 26.0. The van der Waals surface area contributed by atoms with Crippen LogP contribution in [0.3, 0.4) is 0 Å². The molecule has 0 aromatic heterocycles. The van der Waals surface area contributed by atoms with E-state index in [0.717, 1.165) is 17.6 Å². The van der Waals surface area contributed by atoms with E-state index in [1.165, 1.54) is 59.9 Å². The molecule has 2 heteroatoms. The molecule has 4 fully saturated rings. The molecular formula is C36H42O2. The molecule has 8 rings (SSSR count). The van der Waals surface area contributed by atoms with Crippen molar-refractivity contribution in [2.75, 3.05) is 0 Å². The van der Waals surface area contributed by atoms with Gasteiger partial charge in [0.05, 0.1) is 11.5 Å². The first-order valence-corrected chi connectivity index (χ1v) is 15.0. The Hall–Kier alpha value is -2.58. The maximum atomic E-state index is 7.29. The summed E-state index contributed by atoms with van der Waals surface area (Å²) in [6, 6.07) is 26.7. The molecule has 38 heavy (non-hydrogen) atoms. The number of rotatable bonds is 9. The second-order valence-corrected chi connectivity index (χ2v) is 13.5. The second kappa shape index (κ2) is 9.26.